The van der Waals surface area contributed by atoms with Crippen LogP contribution in [0, 0.1) is 11.8 Å². The Bertz CT molecular complexity index is 794. The normalized spacial score (nSPS) is 28.7. The van der Waals surface area contributed by atoms with Crippen LogP contribution in [0.3, 0.4) is 0 Å². The minimum atomic E-state index is -0.0933. The molecule has 2 N–H and O–H groups in total. The van der Waals surface area contributed by atoms with E-state index in [0.29, 0.717) is 38.4 Å². The van der Waals surface area contributed by atoms with Gasteiger partial charge in [0, 0.05) is 39.0 Å². The van der Waals surface area contributed by atoms with Crippen molar-refractivity contribution in [1.82, 2.24) is 15.1 Å². The van der Waals surface area contributed by atoms with E-state index in [2.05, 4.69) is 5.32 Å². The summed E-state index contributed by atoms with van der Waals surface area (Å²) < 4.78 is 0. The van der Waals surface area contributed by atoms with Crippen molar-refractivity contribution in [2.75, 3.05) is 19.6 Å². The SMILES string of the molecule is CC(=O)NC[C@H]1[C@H]2C[C@H](CN(C(=O)Cc3ccc(O)cc3)C2)[C@@H]2CCCC(=O)N21. The maximum atomic E-state index is 13.0. The zero-order valence-corrected chi connectivity index (χ0v) is 16.8. The third-order valence-corrected chi connectivity index (χ3v) is 6.70. The summed E-state index contributed by atoms with van der Waals surface area (Å²) in [5, 5.41) is 12.3. The van der Waals surface area contributed by atoms with Gasteiger partial charge in [0.2, 0.25) is 17.7 Å². The molecule has 3 amide bonds. The summed E-state index contributed by atoms with van der Waals surface area (Å²) in [7, 11) is 0. The van der Waals surface area contributed by atoms with E-state index in [4.69, 9.17) is 0 Å². The Kier molecular flexibility index (Phi) is 5.48. The van der Waals surface area contributed by atoms with Crippen molar-refractivity contribution in [2.45, 2.75) is 51.1 Å². The first kappa shape index (κ1) is 19.7. The summed E-state index contributed by atoms with van der Waals surface area (Å²) in [6.45, 7) is 3.26. The molecular formula is C22H29N3O4. The van der Waals surface area contributed by atoms with E-state index < -0.39 is 0 Å². The van der Waals surface area contributed by atoms with Crippen molar-refractivity contribution in [2.24, 2.45) is 11.8 Å². The Hall–Kier alpha value is -2.57. The smallest absolute Gasteiger partial charge is 0.227 e. The lowest BCUT2D eigenvalue weighted by atomic mass is 9.72. The van der Waals surface area contributed by atoms with Gasteiger partial charge in [-0.2, -0.15) is 0 Å². The Balaban J connectivity index is 1.51. The number of aromatic hydroxyl groups is 1. The molecule has 3 fully saturated rings. The van der Waals surface area contributed by atoms with Crippen LogP contribution in [0.25, 0.3) is 0 Å². The summed E-state index contributed by atoms with van der Waals surface area (Å²) in [4.78, 5) is 41.2. The highest BCUT2D eigenvalue weighted by molar-refractivity contribution is 5.80. The number of phenolic OH excluding ortho intramolecular Hbond substituents is 1. The largest absolute Gasteiger partial charge is 0.508 e. The molecule has 3 aliphatic rings. The quantitative estimate of drug-likeness (QED) is 0.799. The number of piperidine rings is 3. The number of hydrogen-bond donors (Lipinski definition) is 2. The molecule has 1 aromatic carbocycles. The van der Waals surface area contributed by atoms with Gasteiger partial charge >= 0.3 is 0 Å². The lowest BCUT2D eigenvalue weighted by Crippen LogP contribution is -2.67. The Labute approximate surface area is 171 Å². The predicted octanol–water partition coefficient (Wildman–Crippen LogP) is 1.30. The molecular weight excluding hydrogens is 370 g/mol. The number of carbonyl (C=O) groups excluding carboxylic acids is 3. The third kappa shape index (κ3) is 4.09. The van der Waals surface area contributed by atoms with Gasteiger partial charge in [-0.15, -0.1) is 0 Å². The van der Waals surface area contributed by atoms with Crippen LogP contribution in [0.15, 0.2) is 24.3 Å². The third-order valence-electron chi connectivity index (χ3n) is 6.70. The van der Waals surface area contributed by atoms with Gasteiger partial charge in [-0.1, -0.05) is 12.1 Å². The molecule has 0 saturated carbocycles. The highest BCUT2D eigenvalue weighted by Gasteiger charge is 2.49. The van der Waals surface area contributed by atoms with Crippen molar-refractivity contribution in [3.8, 4) is 5.75 Å². The van der Waals surface area contributed by atoms with Gasteiger partial charge in [0.15, 0.2) is 0 Å². The molecule has 7 heteroatoms. The summed E-state index contributed by atoms with van der Waals surface area (Å²) in [5.41, 5.74) is 0.882. The van der Waals surface area contributed by atoms with E-state index in [1.807, 2.05) is 9.80 Å². The molecule has 4 atom stereocenters. The van der Waals surface area contributed by atoms with Crippen LogP contribution in [0.2, 0.25) is 0 Å². The molecule has 0 radical (unpaired) electrons. The van der Waals surface area contributed by atoms with E-state index >= 15 is 0 Å². The highest BCUT2D eigenvalue weighted by Crippen LogP contribution is 2.41. The van der Waals surface area contributed by atoms with Crippen LogP contribution >= 0.6 is 0 Å². The fourth-order valence-corrected chi connectivity index (χ4v) is 5.39. The van der Waals surface area contributed by atoms with Crippen molar-refractivity contribution in [3.63, 3.8) is 0 Å². The molecule has 156 valence electrons. The van der Waals surface area contributed by atoms with Crippen molar-refractivity contribution >= 4 is 17.7 Å². The second-order valence-electron chi connectivity index (χ2n) is 8.66. The van der Waals surface area contributed by atoms with Gasteiger partial charge < -0.3 is 20.2 Å². The lowest BCUT2D eigenvalue weighted by Gasteiger charge is -2.56. The fraction of sp³-hybridized carbons (Fsp3) is 0.591. The first-order valence-electron chi connectivity index (χ1n) is 10.5. The number of carbonyl (C=O) groups is 3. The first-order valence-corrected chi connectivity index (χ1v) is 10.5. The molecule has 0 aromatic heterocycles. The van der Waals surface area contributed by atoms with E-state index in [-0.39, 0.29) is 41.5 Å². The molecule has 3 saturated heterocycles. The fourth-order valence-electron chi connectivity index (χ4n) is 5.39. The summed E-state index contributed by atoms with van der Waals surface area (Å²) in [6.07, 6.45) is 3.76. The molecule has 2 bridgehead atoms. The predicted molar refractivity (Wildman–Crippen MR) is 107 cm³/mol. The Morgan fingerprint density at radius 1 is 1.17 bits per heavy atom. The van der Waals surface area contributed by atoms with Crippen molar-refractivity contribution in [3.05, 3.63) is 29.8 Å². The zero-order chi connectivity index (χ0) is 20.5. The minimum Gasteiger partial charge on any atom is -0.508 e. The number of nitrogens with one attached hydrogen (secondary N) is 1. The number of hydrogen-bond acceptors (Lipinski definition) is 4. The van der Waals surface area contributed by atoms with E-state index in [9.17, 15) is 19.5 Å². The number of fused-ring (bicyclic) bond motifs is 4. The molecule has 7 nitrogen and oxygen atoms in total. The number of rotatable bonds is 4. The van der Waals surface area contributed by atoms with Gasteiger partial charge in [0.25, 0.3) is 0 Å². The van der Waals surface area contributed by atoms with Gasteiger partial charge in [-0.05, 0) is 48.8 Å². The number of nitrogens with zero attached hydrogens (tertiary/aromatic N) is 2. The molecule has 0 aliphatic carbocycles. The average Bonchev–Trinajstić information content (AvgIpc) is 2.69. The lowest BCUT2D eigenvalue weighted by molar-refractivity contribution is -0.156. The standard InChI is InChI=1S/C22H29N3O4/c1-14(26)23-11-20-17-10-16(19-3-2-4-21(28)25(19)20)12-24(13-17)22(29)9-15-5-7-18(27)8-6-15/h5-8,16-17,19-20,27H,2-4,9-13H2,1H3,(H,23,26)/t16-,17+,19+,20+/m1/s1. The molecule has 1 aromatic rings. The topological polar surface area (TPSA) is 90.0 Å². The van der Waals surface area contributed by atoms with Crippen LogP contribution in [0.1, 0.15) is 38.2 Å². The molecule has 4 rings (SSSR count). The van der Waals surface area contributed by atoms with Crippen molar-refractivity contribution in [1.29, 1.82) is 0 Å². The molecule has 3 heterocycles. The summed E-state index contributed by atoms with van der Waals surface area (Å²) in [5.74, 6) is 0.855. The van der Waals surface area contributed by atoms with Gasteiger partial charge in [-0.25, -0.2) is 0 Å². The Morgan fingerprint density at radius 3 is 2.62 bits per heavy atom. The monoisotopic (exact) mass is 399 g/mol. The maximum Gasteiger partial charge on any atom is 0.227 e. The molecule has 29 heavy (non-hydrogen) atoms. The molecule has 3 aliphatic heterocycles. The number of phenols is 1. The average molecular weight is 399 g/mol. The first-order chi connectivity index (χ1) is 13.9. The summed E-state index contributed by atoms with van der Waals surface area (Å²) in [6, 6.07) is 6.87. The highest BCUT2D eigenvalue weighted by atomic mass is 16.3. The number of amides is 3. The second kappa shape index (κ2) is 8.05. The summed E-state index contributed by atoms with van der Waals surface area (Å²) >= 11 is 0. The van der Waals surface area contributed by atoms with Gasteiger partial charge in [0.05, 0.1) is 12.5 Å². The Morgan fingerprint density at radius 2 is 1.90 bits per heavy atom. The minimum absolute atomic E-state index is 0.0442. The van der Waals surface area contributed by atoms with Crippen LogP contribution in [-0.2, 0) is 20.8 Å². The van der Waals surface area contributed by atoms with E-state index in [1.165, 1.54) is 6.92 Å². The molecule has 0 spiro atoms. The van der Waals surface area contributed by atoms with Crippen LogP contribution in [0.4, 0.5) is 0 Å². The maximum absolute atomic E-state index is 13.0. The van der Waals surface area contributed by atoms with E-state index in [1.54, 1.807) is 24.3 Å². The molecule has 0 unspecified atom stereocenters. The zero-order valence-electron chi connectivity index (χ0n) is 16.8. The number of benzene rings is 1. The van der Waals surface area contributed by atoms with Crippen LogP contribution in [-0.4, -0.2) is 64.3 Å². The van der Waals surface area contributed by atoms with Gasteiger partial charge in [0.1, 0.15) is 5.75 Å². The second-order valence-corrected chi connectivity index (χ2v) is 8.66. The van der Waals surface area contributed by atoms with Crippen LogP contribution in [0.5, 0.6) is 5.75 Å². The van der Waals surface area contributed by atoms with Crippen molar-refractivity contribution < 1.29 is 19.5 Å². The number of likely N-dealkylation sites (tertiary alicyclic amines) is 1. The van der Waals surface area contributed by atoms with E-state index in [0.717, 1.165) is 24.8 Å². The van der Waals surface area contributed by atoms with Crippen LogP contribution < -0.4 is 5.32 Å². The van der Waals surface area contributed by atoms with Gasteiger partial charge in [-0.3, -0.25) is 14.4 Å².